The standard InChI is InChI=1S/C25H22N2O6/c1-32-19-9-8-17(12-20(19)33-2)23(29)21-22(16-6-3-7-18(28)11-16)27(25(31)24(21)30)14-15-5-4-10-26-13-15/h3-13,22,28-29H,14H2,1-2H3/b23-21-. The number of ether oxygens (including phenoxy) is 2. The normalized spacial score (nSPS) is 17.3. The quantitative estimate of drug-likeness (QED) is 0.339. The molecule has 1 fully saturated rings. The minimum atomic E-state index is -0.912. The fraction of sp³-hybridized carbons (Fsp3) is 0.160. The molecule has 1 aliphatic rings. The van der Waals surface area contributed by atoms with Crippen LogP contribution in [0, 0.1) is 0 Å². The minimum absolute atomic E-state index is 0.0226. The summed E-state index contributed by atoms with van der Waals surface area (Å²) in [5.74, 6) is -1.13. The number of carbonyl (C=O) groups is 2. The maximum atomic E-state index is 13.1. The van der Waals surface area contributed by atoms with Gasteiger partial charge in [-0.2, -0.15) is 0 Å². The van der Waals surface area contributed by atoms with Crippen LogP contribution in [-0.2, 0) is 16.1 Å². The number of aliphatic hydroxyl groups is 1. The van der Waals surface area contributed by atoms with E-state index in [-0.39, 0.29) is 29.2 Å². The average molecular weight is 446 g/mol. The van der Waals surface area contributed by atoms with E-state index in [2.05, 4.69) is 4.98 Å². The number of phenolic OH excluding ortho intramolecular Hbond substituents is 1. The van der Waals surface area contributed by atoms with E-state index >= 15 is 0 Å². The van der Waals surface area contributed by atoms with Crippen LogP contribution < -0.4 is 9.47 Å². The van der Waals surface area contributed by atoms with Gasteiger partial charge < -0.3 is 24.6 Å². The summed E-state index contributed by atoms with van der Waals surface area (Å²) >= 11 is 0. The fourth-order valence-electron chi connectivity index (χ4n) is 3.91. The Morgan fingerprint density at radius 2 is 1.82 bits per heavy atom. The third-order valence-electron chi connectivity index (χ3n) is 5.46. The van der Waals surface area contributed by atoms with Crippen LogP contribution >= 0.6 is 0 Å². The Balaban J connectivity index is 1.88. The van der Waals surface area contributed by atoms with Crippen LogP contribution in [0.1, 0.15) is 22.7 Å². The summed E-state index contributed by atoms with van der Waals surface area (Å²) in [7, 11) is 2.95. The molecule has 1 atom stereocenters. The van der Waals surface area contributed by atoms with Gasteiger partial charge in [0.1, 0.15) is 11.5 Å². The minimum Gasteiger partial charge on any atom is -0.508 e. The van der Waals surface area contributed by atoms with Gasteiger partial charge in [0.05, 0.1) is 25.8 Å². The highest BCUT2D eigenvalue weighted by Gasteiger charge is 2.46. The Labute approximate surface area is 190 Å². The number of hydrogen-bond donors (Lipinski definition) is 2. The molecule has 1 unspecified atom stereocenters. The molecule has 1 saturated heterocycles. The van der Waals surface area contributed by atoms with E-state index < -0.39 is 17.7 Å². The van der Waals surface area contributed by atoms with Crippen molar-refractivity contribution in [3.05, 3.63) is 89.3 Å². The van der Waals surface area contributed by atoms with Crippen molar-refractivity contribution in [3.63, 3.8) is 0 Å². The van der Waals surface area contributed by atoms with Crippen molar-refractivity contribution in [2.24, 2.45) is 0 Å². The number of aromatic hydroxyl groups is 1. The zero-order valence-electron chi connectivity index (χ0n) is 18.1. The Kier molecular flexibility index (Phi) is 5.99. The van der Waals surface area contributed by atoms with E-state index in [1.807, 2.05) is 0 Å². The van der Waals surface area contributed by atoms with E-state index in [0.29, 0.717) is 17.1 Å². The number of aromatic nitrogens is 1. The number of carbonyl (C=O) groups excluding carboxylic acids is 2. The Hall–Kier alpha value is -4.33. The number of likely N-dealkylation sites (tertiary alicyclic amines) is 1. The van der Waals surface area contributed by atoms with Crippen LogP contribution in [0.5, 0.6) is 17.2 Å². The molecule has 2 N–H and O–H groups in total. The first-order valence-corrected chi connectivity index (χ1v) is 10.1. The number of phenols is 1. The van der Waals surface area contributed by atoms with Crippen molar-refractivity contribution in [1.82, 2.24) is 9.88 Å². The molecule has 33 heavy (non-hydrogen) atoms. The zero-order chi connectivity index (χ0) is 23.5. The summed E-state index contributed by atoms with van der Waals surface area (Å²) < 4.78 is 10.5. The summed E-state index contributed by atoms with van der Waals surface area (Å²) in [6.07, 6.45) is 3.22. The lowest BCUT2D eigenvalue weighted by Crippen LogP contribution is -2.29. The van der Waals surface area contributed by atoms with E-state index in [9.17, 15) is 19.8 Å². The van der Waals surface area contributed by atoms with Gasteiger partial charge in [0.15, 0.2) is 11.5 Å². The number of benzene rings is 2. The lowest BCUT2D eigenvalue weighted by Gasteiger charge is -2.25. The molecule has 4 rings (SSSR count). The number of hydrogen-bond acceptors (Lipinski definition) is 7. The van der Waals surface area contributed by atoms with Gasteiger partial charge in [0.25, 0.3) is 11.7 Å². The van der Waals surface area contributed by atoms with Gasteiger partial charge in [-0.3, -0.25) is 14.6 Å². The highest BCUT2D eigenvalue weighted by molar-refractivity contribution is 6.46. The van der Waals surface area contributed by atoms with Crippen LogP contribution in [0.2, 0.25) is 0 Å². The molecule has 168 valence electrons. The van der Waals surface area contributed by atoms with Crippen LogP contribution in [0.15, 0.2) is 72.6 Å². The highest BCUT2D eigenvalue weighted by Crippen LogP contribution is 2.42. The maximum Gasteiger partial charge on any atom is 0.295 e. The van der Waals surface area contributed by atoms with Gasteiger partial charge in [0, 0.05) is 24.5 Å². The molecule has 1 amide bonds. The van der Waals surface area contributed by atoms with Crippen molar-refractivity contribution in [2.45, 2.75) is 12.6 Å². The van der Waals surface area contributed by atoms with Gasteiger partial charge in [-0.25, -0.2) is 0 Å². The average Bonchev–Trinajstić information content (AvgIpc) is 3.08. The van der Waals surface area contributed by atoms with Gasteiger partial charge in [-0.15, -0.1) is 0 Å². The van der Waals surface area contributed by atoms with Gasteiger partial charge in [-0.05, 0) is 47.5 Å². The molecule has 2 heterocycles. The summed E-state index contributed by atoms with van der Waals surface area (Å²) in [6.45, 7) is 0.0987. The molecule has 0 saturated carbocycles. The van der Waals surface area contributed by atoms with E-state index in [0.717, 1.165) is 5.56 Å². The molecule has 3 aromatic rings. The molecule has 8 nitrogen and oxygen atoms in total. The predicted octanol–water partition coefficient (Wildman–Crippen LogP) is 3.43. The second-order valence-electron chi connectivity index (χ2n) is 7.45. The third-order valence-corrected chi connectivity index (χ3v) is 5.46. The number of pyridine rings is 1. The van der Waals surface area contributed by atoms with E-state index in [1.165, 1.54) is 37.3 Å². The second-order valence-corrected chi connectivity index (χ2v) is 7.45. The summed E-state index contributed by atoms with van der Waals surface area (Å²) in [6, 6.07) is 13.6. The fourth-order valence-corrected chi connectivity index (χ4v) is 3.91. The van der Waals surface area contributed by atoms with Crippen molar-refractivity contribution >= 4 is 17.4 Å². The molecule has 0 aliphatic carbocycles. The van der Waals surface area contributed by atoms with E-state index in [1.54, 1.807) is 48.8 Å². The number of amides is 1. The van der Waals surface area contributed by atoms with Crippen molar-refractivity contribution < 1.29 is 29.3 Å². The third kappa shape index (κ3) is 4.10. The Morgan fingerprint density at radius 3 is 2.48 bits per heavy atom. The topological polar surface area (TPSA) is 109 Å². The van der Waals surface area contributed by atoms with Crippen LogP contribution in [0.4, 0.5) is 0 Å². The van der Waals surface area contributed by atoms with Gasteiger partial charge in [-0.1, -0.05) is 18.2 Å². The molecule has 0 spiro atoms. The number of ketones is 1. The number of Topliss-reactive ketones (excluding diaryl/α,β-unsaturated/α-hetero) is 1. The maximum absolute atomic E-state index is 13.1. The zero-order valence-corrected chi connectivity index (χ0v) is 18.1. The highest BCUT2D eigenvalue weighted by atomic mass is 16.5. The molecule has 0 radical (unpaired) electrons. The largest absolute Gasteiger partial charge is 0.508 e. The predicted molar refractivity (Wildman–Crippen MR) is 120 cm³/mol. The first-order chi connectivity index (χ1) is 15.9. The smallest absolute Gasteiger partial charge is 0.295 e. The number of nitrogens with zero attached hydrogens (tertiary/aromatic N) is 2. The molecule has 8 heteroatoms. The molecular formula is C25H22N2O6. The van der Waals surface area contributed by atoms with Crippen molar-refractivity contribution in [1.29, 1.82) is 0 Å². The van der Waals surface area contributed by atoms with Gasteiger partial charge >= 0.3 is 0 Å². The van der Waals surface area contributed by atoms with Crippen LogP contribution in [-0.4, -0.2) is 46.0 Å². The van der Waals surface area contributed by atoms with E-state index in [4.69, 9.17) is 9.47 Å². The number of rotatable bonds is 6. The molecule has 0 bridgehead atoms. The summed E-state index contributed by atoms with van der Waals surface area (Å²) in [4.78, 5) is 31.6. The molecule has 2 aromatic carbocycles. The number of methoxy groups -OCH3 is 2. The monoisotopic (exact) mass is 446 g/mol. The number of aliphatic hydroxyl groups excluding tert-OH is 1. The van der Waals surface area contributed by atoms with Gasteiger partial charge in [0.2, 0.25) is 0 Å². The molecule has 1 aromatic heterocycles. The molecular weight excluding hydrogens is 424 g/mol. The second kappa shape index (κ2) is 9.04. The SMILES string of the molecule is COc1ccc(/C(O)=C2/C(=O)C(=O)N(Cc3cccnc3)C2c2cccc(O)c2)cc1OC. The van der Waals surface area contributed by atoms with Crippen molar-refractivity contribution in [2.75, 3.05) is 14.2 Å². The molecule has 1 aliphatic heterocycles. The first-order valence-electron chi connectivity index (χ1n) is 10.1. The van der Waals surface area contributed by atoms with Crippen molar-refractivity contribution in [3.8, 4) is 17.2 Å². The Bertz CT molecular complexity index is 1240. The first kappa shape index (κ1) is 21.9. The lowest BCUT2D eigenvalue weighted by molar-refractivity contribution is -0.140. The van der Waals surface area contributed by atoms with Crippen LogP contribution in [0.3, 0.4) is 0 Å². The summed E-state index contributed by atoms with van der Waals surface area (Å²) in [5.41, 5.74) is 1.41. The Morgan fingerprint density at radius 1 is 1.03 bits per heavy atom. The lowest BCUT2D eigenvalue weighted by atomic mass is 9.95. The van der Waals surface area contributed by atoms with Crippen LogP contribution in [0.25, 0.3) is 5.76 Å². The summed E-state index contributed by atoms with van der Waals surface area (Å²) in [5, 5.41) is 21.2.